The third-order valence-electron chi connectivity index (χ3n) is 3.93. The summed E-state index contributed by atoms with van der Waals surface area (Å²) >= 11 is 0. The van der Waals surface area contributed by atoms with Crippen LogP contribution in [0.15, 0.2) is 42.6 Å². The van der Waals surface area contributed by atoms with Crippen molar-refractivity contribution in [1.82, 2.24) is 9.88 Å². The van der Waals surface area contributed by atoms with E-state index in [0.717, 1.165) is 32.5 Å². The van der Waals surface area contributed by atoms with Gasteiger partial charge in [-0.25, -0.2) is 4.39 Å². The van der Waals surface area contributed by atoms with E-state index in [-0.39, 0.29) is 11.6 Å². The van der Waals surface area contributed by atoms with Gasteiger partial charge in [0.15, 0.2) is 0 Å². The monoisotopic (exact) mass is 322 g/mol. The number of rotatable bonds is 4. The van der Waals surface area contributed by atoms with Crippen LogP contribution in [0.5, 0.6) is 0 Å². The van der Waals surface area contributed by atoms with E-state index < -0.39 is 0 Å². The second-order valence-corrected chi connectivity index (χ2v) is 6.05. The van der Waals surface area contributed by atoms with Gasteiger partial charge in [-0.1, -0.05) is 18.7 Å². The Kier molecular flexibility index (Phi) is 4.21. The molecule has 1 heterocycles. The van der Waals surface area contributed by atoms with Crippen LogP contribution in [-0.2, 0) is 4.79 Å². The van der Waals surface area contributed by atoms with Crippen LogP contribution < -0.4 is 10.4 Å². The lowest BCUT2D eigenvalue weighted by atomic mass is 10.0. The molecule has 24 heavy (non-hydrogen) atoms. The molecule has 1 aromatic heterocycles. The molecule has 0 aliphatic rings. The van der Waals surface area contributed by atoms with Crippen molar-refractivity contribution in [1.29, 1.82) is 0 Å². The Hall–Kier alpha value is -2.88. The molecule has 0 fully saturated rings. The van der Waals surface area contributed by atoms with Crippen molar-refractivity contribution in [3.63, 3.8) is 0 Å². The molecular formula is C20H19FN2O. The molecule has 0 bridgehead atoms. The Labute approximate surface area is 139 Å². The number of benzene rings is 2. The zero-order valence-electron chi connectivity index (χ0n) is 13.8. The molecule has 122 valence electrons. The SMILES string of the molecule is C=c1cc(-c2c[nH]c3cc(F)ccc23)ccc1=CN(C)CC(C)=O. The van der Waals surface area contributed by atoms with Gasteiger partial charge in [-0.15, -0.1) is 0 Å². The number of fused-ring (bicyclic) bond motifs is 1. The highest BCUT2D eigenvalue weighted by molar-refractivity contribution is 5.95. The summed E-state index contributed by atoms with van der Waals surface area (Å²) < 4.78 is 13.3. The van der Waals surface area contributed by atoms with Crippen molar-refractivity contribution < 1.29 is 9.18 Å². The van der Waals surface area contributed by atoms with E-state index in [1.807, 2.05) is 42.5 Å². The first-order valence-corrected chi connectivity index (χ1v) is 7.71. The maximum Gasteiger partial charge on any atom is 0.148 e. The molecule has 3 nitrogen and oxygen atoms in total. The van der Waals surface area contributed by atoms with Crippen LogP contribution in [0.25, 0.3) is 34.8 Å². The first-order valence-electron chi connectivity index (χ1n) is 7.71. The lowest BCUT2D eigenvalue weighted by Gasteiger charge is -2.11. The molecule has 0 aliphatic heterocycles. The van der Waals surface area contributed by atoms with E-state index in [1.165, 1.54) is 12.1 Å². The number of aromatic amines is 1. The van der Waals surface area contributed by atoms with Gasteiger partial charge >= 0.3 is 0 Å². The predicted molar refractivity (Wildman–Crippen MR) is 96.2 cm³/mol. The highest BCUT2D eigenvalue weighted by atomic mass is 19.1. The lowest BCUT2D eigenvalue weighted by molar-refractivity contribution is -0.117. The number of hydrogen-bond donors (Lipinski definition) is 1. The van der Waals surface area contributed by atoms with Crippen molar-refractivity contribution in [2.75, 3.05) is 13.6 Å². The predicted octanol–water partition coefficient (Wildman–Crippen LogP) is 2.64. The number of aromatic nitrogens is 1. The van der Waals surface area contributed by atoms with Gasteiger partial charge in [-0.3, -0.25) is 4.79 Å². The molecule has 0 aliphatic carbocycles. The van der Waals surface area contributed by atoms with Crippen LogP contribution in [-0.4, -0.2) is 29.3 Å². The van der Waals surface area contributed by atoms with Crippen LogP contribution in [0, 0.1) is 5.82 Å². The van der Waals surface area contributed by atoms with Crippen molar-refractivity contribution in [3.05, 3.63) is 58.8 Å². The Bertz CT molecular complexity index is 1020. The van der Waals surface area contributed by atoms with Crippen LogP contribution in [0.1, 0.15) is 6.92 Å². The number of ketones is 1. The Balaban J connectivity index is 2.01. The maximum atomic E-state index is 13.3. The quantitative estimate of drug-likeness (QED) is 0.802. The molecule has 1 N–H and O–H groups in total. The van der Waals surface area contributed by atoms with E-state index in [0.29, 0.717) is 6.54 Å². The van der Waals surface area contributed by atoms with E-state index >= 15 is 0 Å². The van der Waals surface area contributed by atoms with Gasteiger partial charge in [0.2, 0.25) is 0 Å². The number of carbonyl (C=O) groups is 1. The summed E-state index contributed by atoms with van der Waals surface area (Å²) in [6, 6.07) is 10.7. The van der Waals surface area contributed by atoms with Crippen LogP contribution >= 0.6 is 0 Å². The smallest absolute Gasteiger partial charge is 0.148 e. The van der Waals surface area contributed by atoms with Gasteiger partial charge in [0.05, 0.1) is 6.54 Å². The molecule has 0 radical (unpaired) electrons. The molecule has 3 rings (SSSR count). The second kappa shape index (κ2) is 6.32. The Morgan fingerprint density at radius 2 is 2.08 bits per heavy atom. The van der Waals surface area contributed by atoms with E-state index in [2.05, 4.69) is 11.6 Å². The molecule has 0 amide bonds. The normalized spacial score (nSPS) is 11.9. The third kappa shape index (κ3) is 3.23. The second-order valence-electron chi connectivity index (χ2n) is 6.05. The number of carbonyl (C=O) groups excluding carboxylic acids is 1. The highest BCUT2D eigenvalue weighted by Crippen LogP contribution is 2.27. The van der Waals surface area contributed by atoms with Gasteiger partial charge in [0.1, 0.15) is 11.6 Å². The fourth-order valence-electron chi connectivity index (χ4n) is 2.87. The summed E-state index contributed by atoms with van der Waals surface area (Å²) in [7, 11) is 1.86. The number of Topliss-reactive ketones (excluding diaryl/α,β-unsaturated/α-hetero) is 1. The standard InChI is InChI=1S/C20H19FN2O/c1-13-8-15(4-5-16(13)12-23(3)11-14(2)24)19-10-22-20-9-17(21)6-7-18(19)20/h4-10,12,22H,1,11H2,2-3H3. The minimum atomic E-state index is -0.257. The minimum absolute atomic E-state index is 0.113. The van der Waals surface area contributed by atoms with Gasteiger partial charge < -0.3 is 9.88 Å². The number of nitrogens with zero attached hydrogens (tertiary/aromatic N) is 1. The highest BCUT2D eigenvalue weighted by Gasteiger charge is 2.07. The van der Waals surface area contributed by atoms with Crippen molar-refractivity contribution in [2.45, 2.75) is 6.92 Å². The summed E-state index contributed by atoms with van der Waals surface area (Å²) in [5.41, 5.74) is 2.80. The average molecular weight is 322 g/mol. The summed E-state index contributed by atoms with van der Waals surface area (Å²) in [4.78, 5) is 16.1. The summed E-state index contributed by atoms with van der Waals surface area (Å²) in [5.74, 6) is -0.144. The third-order valence-corrected chi connectivity index (χ3v) is 3.93. The van der Waals surface area contributed by atoms with Gasteiger partial charge in [0.25, 0.3) is 0 Å². The van der Waals surface area contributed by atoms with Gasteiger partial charge in [0, 0.05) is 35.9 Å². The number of likely N-dealkylation sites (N-methyl/N-ethyl adjacent to an activating group) is 1. The largest absolute Gasteiger partial charge is 0.373 e. The lowest BCUT2D eigenvalue weighted by Crippen LogP contribution is -2.28. The summed E-state index contributed by atoms with van der Waals surface area (Å²) in [6.45, 7) is 6.04. The number of hydrogen-bond acceptors (Lipinski definition) is 2. The first-order chi connectivity index (χ1) is 11.4. The zero-order chi connectivity index (χ0) is 17.3. The number of H-pyrrole nitrogens is 1. The molecule has 3 aromatic rings. The summed E-state index contributed by atoms with van der Waals surface area (Å²) in [5, 5.41) is 2.81. The van der Waals surface area contributed by atoms with Crippen LogP contribution in [0.4, 0.5) is 4.39 Å². The van der Waals surface area contributed by atoms with Gasteiger partial charge in [-0.05, 0) is 47.2 Å². The molecular weight excluding hydrogens is 303 g/mol. The van der Waals surface area contributed by atoms with Crippen molar-refractivity contribution >= 4 is 29.5 Å². The topological polar surface area (TPSA) is 36.1 Å². The first kappa shape index (κ1) is 16.0. The van der Waals surface area contributed by atoms with E-state index in [9.17, 15) is 9.18 Å². The fourth-order valence-corrected chi connectivity index (χ4v) is 2.87. The number of nitrogens with one attached hydrogen (secondary N) is 1. The molecule has 4 heteroatoms. The molecule has 0 saturated carbocycles. The van der Waals surface area contributed by atoms with Crippen LogP contribution in [0.2, 0.25) is 0 Å². The Morgan fingerprint density at radius 1 is 1.29 bits per heavy atom. The molecule has 0 atom stereocenters. The molecule has 2 aromatic carbocycles. The fraction of sp³-hybridized carbons (Fsp3) is 0.150. The summed E-state index contributed by atoms with van der Waals surface area (Å²) in [6.07, 6.45) is 3.79. The van der Waals surface area contributed by atoms with Crippen LogP contribution in [0.3, 0.4) is 0 Å². The van der Waals surface area contributed by atoms with E-state index in [4.69, 9.17) is 0 Å². The zero-order valence-corrected chi connectivity index (χ0v) is 13.8. The van der Waals surface area contributed by atoms with Crippen molar-refractivity contribution in [2.24, 2.45) is 0 Å². The Morgan fingerprint density at radius 3 is 2.79 bits per heavy atom. The van der Waals surface area contributed by atoms with E-state index in [1.54, 1.807) is 13.0 Å². The number of halogens is 1. The minimum Gasteiger partial charge on any atom is -0.373 e. The maximum absolute atomic E-state index is 13.3. The average Bonchev–Trinajstić information content (AvgIpc) is 2.91. The van der Waals surface area contributed by atoms with Crippen molar-refractivity contribution in [3.8, 4) is 11.1 Å². The molecule has 0 spiro atoms. The molecule has 0 unspecified atom stereocenters. The molecule has 0 saturated heterocycles. The van der Waals surface area contributed by atoms with Gasteiger partial charge in [-0.2, -0.15) is 0 Å².